The maximum absolute atomic E-state index is 15.0. The molecule has 172 valence electrons. The molecule has 0 aliphatic carbocycles. The van der Waals surface area contributed by atoms with Gasteiger partial charge in [0.25, 0.3) is 0 Å². The molecule has 0 saturated carbocycles. The minimum atomic E-state index is -0.890. The minimum absolute atomic E-state index is 0.161. The van der Waals surface area contributed by atoms with Crippen molar-refractivity contribution in [2.45, 2.75) is 18.9 Å². The third kappa shape index (κ3) is 4.67. The molecule has 0 bridgehead atoms. The highest BCUT2D eigenvalue weighted by atomic mass is 19.1. The number of nitrogens with zero attached hydrogens (tertiary/aromatic N) is 1. The number of rotatable bonds is 6. The van der Waals surface area contributed by atoms with E-state index in [1.165, 1.54) is 16.7 Å². The van der Waals surface area contributed by atoms with E-state index in [0.717, 1.165) is 11.1 Å². The Labute approximate surface area is 197 Å². The second-order valence-corrected chi connectivity index (χ2v) is 8.24. The molecule has 4 aromatic rings. The molecular weight excluding hydrogens is 429 g/mol. The lowest BCUT2D eigenvalue weighted by molar-refractivity contribution is -0.117. The Morgan fingerprint density at radius 3 is 2.00 bits per heavy atom. The van der Waals surface area contributed by atoms with E-state index < -0.39 is 17.8 Å². The highest BCUT2D eigenvalue weighted by molar-refractivity contribution is 5.96. The lowest BCUT2D eigenvalue weighted by Crippen LogP contribution is -2.41. The van der Waals surface area contributed by atoms with Gasteiger partial charge < -0.3 is 15.6 Å². The van der Waals surface area contributed by atoms with Crippen LogP contribution in [0.5, 0.6) is 0 Å². The number of nitrogens with one attached hydrogen (secondary N) is 1. The van der Waals surface area contributed by atoms with Crippen LogP contribution in [0.3, 0.4) is 0 Å². The van der Waals surface area contributed by atoms with Gasteiger partial charge in [0.15, 0.2) is 0 Å². The molecule has 1 atom stereocenters. The first-order valence-electron chi connectivity index (χ1n) is 11.0. The summed E-state index contributed by atoms with van der Waals surface area (Å²) in [5, 5.41) is 2.76. The van der Waals surface area contributed by atoms with Crippen molar-refractivity contribution in [3.05, 3.63) is 124 Å². The minimum Gasteiger partial charge on any atom is -0.325 e. The van der Waals surface area contributed by atoms with Crippen molar-refractivity contribution in [1.82, 2.24) is 4.57 Å². The van der Waals surface area contributed by atoms with E-state index in [9.17, 15) is 9.59 Å². The van der Waals surface area contributed by atoms with Gasteiger partial charge in [0, 0.05) is 41.5 Å². The van der Waals surface area contributed by atoms with Gasteiger partial charge in [0.05, 0.1) is 6.04 Å². The zero-order valence-electron chi connectivity index (χ0n) is 19.0. The van der Waals surface area contributed by atoms with Crippen molar-refractivity contribution in [2.75, 3.05) is 5.32 Å². The van der Waals surface area contributed by atoms with E-state index in [4.69, 9.17) is 5.73 Å². The summed E-state index contributed by atoms with van der Waals surface area (Å²) in [7, 11) is 1.64. The largest absolute Gasteiger partial charge is 0.325 e. The summed E-state index contributed by atoms with van der Waals surface area (Å²) >= 11 is 0. The number of nitrogens with two attached hydrogens (primary N) is 1. The maximum atomic E-state index is 15.0. The predicted octanol–water partition coefficient (Wildman–Crippen LogP) is 4.60. The van der Waals surface area contributed by atoms with Crippen molar-refractivity contribution in [1.29, 1.82) is 0 Å². The third-order valence-electron chi connectivity index (χ3n) is 6.12. The van der Waals surface area contributed by atoms with Crippen LogP contribution in [-0.4, -0.2) is 16.5 Å². The number of benzene rings is 3. The van der Waals surface area contributed by atoms with E-state index in [0.29, 0.717) is 22.5 Å². The van der Waals surface area contributed by atoms with Gasteiger partial charge in [0.1, 0.15) is 5.82 Å². The van der Waals surface area contributed by atoms with E-state index >= 15 is 4.39 Å². The second kappa shape index (κ2) is 9.85. The Morgan fingerprint density at radius 2 is 1.44 bits per heavy atom. The summed E-state index contributed by atoms with van der Waals surface area (Å²) in [6.07, 6.45) is 0. The predicted molar refractivity (Wildman–Crippen MR) is 133 cm³/mol. The number of hydrogen-bond acceptors (Lipinski definition) is 3. The fourth-order valence-electron chi connectivity index (χ4n) is 4.13. The van der Waals surface area contributed by atoms with Crippen molar-refractivity contribution < 1.29 is 9.18 Å². The zero-order valence-corrected chi connectivity index (χ0v) is 19.0. The van der Waals surface area contributed by atoms with Crippen LogP contribution in [0.15, 0.2) is 95.8 Å². The molecule has 0 saturated heterocycles. The summed E-state index contributed by atoms with van der Waals surface area (Å²) < 4.78 is 16.5. The highest BCUT2D eigenvalue weighted by Gasteiger charge is 2.28. The lowest BCUT2D eigenvalue weighted by Gasteiger charge is -2.24. The summed E-state index contributed by atoms with van der Waals surface area (Å²) in [5.41, 5.74) is 10.0. The maximum Gasteiger partial charge on any atom is 0.250 e. The van der Waals surface area contributed by atoms with Gasteiger partial charge in [-0.3, -0.25) is 9.59 Å². The van der Waals surface area contributed by atoms with Crippen molar-refractivity contribution in [2.24, 2.45) is 12.8 Å². The topological polar surface area (TPSA) is 77.1 Å². The molecule has 34 heavy (non-hydrogen) atoms. The van der Waals surface area contributed by atoms with Gasteiger partial charge in [0.2, 0.25) is 11.5 Å². The quantitative estimate of drug-likeness (QED) is 0.446. The molecule has 0 aliphatic rings. The average molecular weight is 456 g/mol. The van der Waals surface area contributed by atoms with Crippen LogP contribution in [0.2, 0.25) is 0 Å². The molecule has 6 heteroatoms. The molecule has 4 rings (SSSR count). The van der Waals surface area contributed by atoms with E-state index in [1.54, 1.807) is 32.2 Å². The Bertz CT molecular complexity index is 1330. The van der Waals surface area contributed by atoms with Gasteiger partial charge in [-0.25, -0.2) is 4.39 Å². The SMILES string of the molecule is Cc1c(-c2ccc(NC(=O)C(N)C(c3ccccc3)c3ccccc3)cc2F)ccc(=O)n1C. The Balaban J connectivity index is 1.60. The Morgan fingerprint density at radius 1 is 0.882 bits per heavy atom. The first kappa shape index (κ1) is 23.1. The van der Waals surface area contributed by atoms with Gasteiger partial charge >= 0.3 is 0 Å². The van der Waals surface area contributed by atoms with Crippen LogP contribution in [0, 0.1) is 12.7 Å². The van der Waals surface area contributed by atoms with Crippen LogP contribution >= 0.6 is 0 Å². The van der Waals surface area contributed by atoms with Crippen molar-refractivity contribution in [3.8, 4) is 11.1 Å². The number of pyridine rings is 1. The first-order chi connectivity index (χ1) is 16.4. The highest BCUT2D eigenvalue weighted by Crippen LogP contribution is 2.29. The smallest absolute Gasteiger partial charge is 0.250 e. The first-order valence-corrected chi connectivity index (χ1v) is 11.0. The van der Waals surface area contributed by atoms with Gasteiger partial charge in [-0.1, -0.05) is 60.7 Å². The molecule has 0 spiro atoms. The number of halogens is 1. The van der Waals surface area contributed by atoms with Gasteiger partial charge in [-0.15, -0.1) is 0 Å². The fourth-order valence-corrected chi connectivity index (χ4v) is 4.13. The number of anilines is 1. The monoisotopic (exact) mass is 455 g/mol. The van der Waals surface area contributed by atoms with Crippen LogP contribution in [0.4, 0.5) is 10.1 Å². The fraction of sp³-hybridized carbons (Fsp3) is 0.143. The van der Waals surface area contributed by atoms with Crippen LogP contribution in [-0.2, 0) is 11.8 Å². The normalized spacial score (nSPS) is 11.9. The van der Waals surface area contributed by atoms with E-state index in [2.05, 4.69) is 5.32 Å². The zero-order chi connectivity index (χ0) is 24.2. The molecule has 0 fully saturated rings. The number of aromatic nitrogens is 1. The van der Waals surface area contributed by atoms with Gasteiger partial charge in [-0.05, 0) is 42.3 Å². The Kier molecular flexibility index (Phi) is 6.70. The Hall–Kier alpha value is -4.03. The second-order valence-electron chi connectivity index (χ2n) is 8.24. The molecule has 1 aromatic heterocycles. The van der Waals surface area contributed by atoms with Crippen molar-refractivity contribution >= 4 is 11.6 Å². The number of carbonyl (C=O) groups is 1. The number of carbonyl (C=O) groups excluding carboxylic acids is 1. The lowest BCUT2D eigenvalue weighted by atomic mass is 9.85. The summed E-state index contributed by atoms with van der Waals surface area (Å²) in [6.45, 7) is 1.76. The van der Waals surface area contributed by atoms with Crippen LogP contribution < -0.4 is 16.6 Å². The molecule has 0 radical (unpaired) electrons. The molecule has 5 nitrogen and oxygen atoms in total. The standard InChI is InChI=1S/C28H26FN3O2/c1-18-22(15-16-25(33)32(18)2)23-14-13-21(17-24(23)29)31-28(34)27(30)26(19-9-5-3-6-10-19)20-11-7-4-8-12-20/h3-17,26-27H,30H2,1-2H3,(H,31,34). The molecule has 1 amide bonds. The third-order valence-corrected chi connectivity index (χ3v) is 6.12. The van der Waals surface area contributed by atoms with Gasteiger partial charge in [-0.2, -0.15) is 0 Å². The molecule has 0 aliphatic heterocycles. The average Bonchev–Trinajstić information content (AvgIpc) is 2.85. The molecule has 3 aromatic carbocycles. The van der Waals surface area contributed by atoms with Crippen LogP contribution in [0.25, 0.3) is 11.1 Å². The molecule has 1 unspecified atom stereocenters. The van der Waals surface area contributed by atoms with E-state index in [-0.39, 0.29) is 11.5 Å². The number of amides is 1. The molecular formula is C28H26FN3O2. The van der Waals surface area contributed by atoms with Crippen LogP contribution in [0.1, 0.15) is 22.7 Å². The summed E-state index contributed by atoms with van der Waals surface area (Å²) in [6, 6.07) is 25.8. The van der Waals surface area contributed by atoms with Crippen molar-refractivity contribution in [3.63, 3.8) is 0 Å². The molecule has 3 N–H and O–H groups in total. The number of hydrogen-bond donors (Lipinski definition) is 2. The summed E-state index contributed by atoms with van der Waals surface area (Å²) in [4.78, 5) is 24.9. The van der Waals surface area contributed by atoms with E-state index in [1.807, 2.05) is 60.7 Å². The summed E-state index contributed by atoms with van der Waals surface area (Å²) in [5.74, 6) is -1.28. The molecule has 1 heterocycles.